The standard InChI is InChI=1S/C20H20N2O3S/c1-15(23)22-19-11-5-10-18-17(19)9-6-12-20(18)26(24,25)21-14-13-16-7-3-2-4-8-16/h2-12,21H,13-14H2,1H3,(H,22,23). The molecule has 0 bridgehead atoms. The summed E-state index contributed by atoms with van der Waals surface area (Å²) in [6.45, 7) is 1.73. The third-order valence-electron chi connectivity index (χ3n) is 4.03. The molecule has 0 spiro atoms. The van der Waals surface area contributed by atoms with Gasteiger partial charge in [-0.25, -0.2) is 13.1 Å². The van der Waals surface area contributed by atoms with Gasteiger partial charge < -0.3 is 5.32 Å². The molecule has 0 saturated carbocycles. The van der Waals surface area contributed by atoms with Crippen LogP contribution in [-0.2, 0) is 21.2 Å². The highest BCUT2D eigenvalue weighted by Gasteiger charge is 2.17. The van der Waals surface area contributed by atoms with E-state index in [0.717, 1.165) is 5.56 Å². The first-order chi connectivity index (χ1) is 12.5. The topological polar surface area (TPSA) is 75.3 Å². The first-order valence-corrected chi connectivity index (χ1v) is 9.78. The summed E-state index contributed by atoms with van der Waals surface area (Å²) in [6, 6.07) is 20.0. The van der Waals surface area contributed by atoms with Gasteiger partial charge in [0.2, 0.25) is 15.9 Å². The number of carbonyl (C=O) groups excluding carboxylic acids is 1. The van der Waals surface area contributed by atoms with Crippen molar-refractivity contribution in [1.29, 1.82) is 0 Å². The van der Waals surface area contributed by atoms with Gasteiger partial charge >= 0.3 is 0 Å². The number of anilines is 1. The number of hydrogen-bond acceptors (Lipinski definition) is 3. The van der Waals surface area contributed by atoms with Crippen molar-refractivity contribution in [2.75, 3.05) is 11.9 Å². The van der Waals surface area contributed by atoms with E-state index in [2.05, 4.69) is 10.0 Å². The summed E-state index contributed by atoms with van der Waals surface area (Å²) in [5.41, 5.74) is 1.66. The van der Waals surface area contributed by atoms with Crippen LogP contribution < -0.4 is 10.0 Å². The van der Waals surface area contributed by atoms with Gasteiger partial charge in [0.1, 0.15) is 0 Å². The summed E-state index contributed by atoms with van der Waals surface area (Å²) >= 11 is 0. The molecule has 5 nitrogen and oxygen atoms in total. The number of carbonyl (C=O) groups is 1. The summed E-state index contributed by atoms with van der Waals surface area (Å²) in [7, 11) is -3.66. The van der Waals surface area contributed by atoms with E-state index in [-0.39, 0.29) is 10.8 Å². The molecule has 0 unspecified atom stereocenters. The lowest BCUT2D eigenvalue weighted by Gasteiger charge is -2.12. The molecular formula is C20H20N2O3S. The monoisotopic (exact) mass is 368 g/mol. The molecule has 3 rings (SSSR count). The van der Waals surface area contributed by atoms with Crippen molar-refractivity contribution in [3.8, 4) is 0 Å². The molecule has 0 aliphatic rings. The highest BCUT2D eigenvalue weighted by Crippen LogP contribution is 2.28. The maximum Gasteiger partial charge on any atom is 0.241 e. The predicted octanol–water partition coefficient (Wildman–Crippen LogP) is 3.32. The molecule has 6 heteroatoms. The largest absolute Gasteiger partial charge is 0.326 e. The van der Waals surface area contributed by atoms with E-state index in [0.29, 0.717) is 29.4 Å². The lowest BCUT2D eigenvalue weighted by molar-refractivity contribution is -0.114. The molecule has 2 N–H and O–H groups in total. The number of rotatable bonds is 6. The smallest absolute Gasteiger partial charge is 0.241 e. The van der Waals surface area contributed by atoms with Crippen molar-refractivity contribution >= 4 is 32.4 Å². The number of hydrogen-bond donors (Lipinski definition) is 2. The Morgan fingerprint density at radius 3 is 2.31 bits per heavy atom. The van der Waals surface area contributed by atoms with Crippen LogP contribution in [-0.4, -0.2) is 20.9 Å². The third kappa shape index (κ3) is 4.09. The van der Waals surface area contributed by atoms with E-state index in [1.807, 2.05) is 30.3 Å². The van der Waals surface area contributed by atoms with E-state index in [1.165, 1.54) is 6.92 Å². The Kier molecular flexibility index (Phi) is 5.35. The van der Waals surface area contributed by atoms with E-state index in [9.17, 15) is 13.2 Å². The van der Waals surface area contributed by atoms with Crippen LogP contribution in [0.2, 0.25) is 0 Å². The second-order valence-corrected chi connectivity index (χ2v) is 7.71. The zero-order valence-electron chi connectivity index (χ0n) is 14.4. The fourth-order valence-electron chi connectivity index (χ4n) is 2.87. The van der Waals surface area contributed by atoms with Gasteiger partial charge in [0.15, 0.2) is 0 Å². The van der Waals surface area contributed by atoms with Gasteiger partial charge in [0, 0.05) is 29.9 Å². The highest BCUT2D eigenvalue weighted by atomic mass is 32.2. The van der Waals surface area contributed by atoms with Crippen LogP contribution in [0, 0.1) is 0 Å². The Balaban J connectivity index is 1.87. The van der Waals surface area contributed by atoms with Gasteiger partial charge in [-0.3, -0.25) is 4.79 Å². The molecule has 3 aromatic rings. The minimum Gasteiger partial charge on any atom is -0.326 e. The molecular weight excluding hydrogens is 348 g/mol. The zero-order valence-corrected chi connectivity index (χ0v) is 15.2. The molecule has 0 aliphatic heterocycles. The molecule has 26 heavy (non-hydrogen) atoms. The summed E-state index contributed by atoms with van der Waals surface area (Å²) < 4.78 is 28.2. The lowest BCUT2D eigenvalue weighted by Crippen LogP contribution is -2.26. The van der Waals surface area contributed by atoms with Crippen LogP contribution in [0.1, 0.15) is 12.5 Å². The highest BCUT2D eigenvalue weighted by molar-refractivity contribution is 7.89. The number of benzene rings is 3. The Morgan fingerprint density at radius 1 is 0.885 bits per heavy atom. The molecule has 134 valence electrons. The maximum atomic E-state index is 12.8. The minimum atomic E-state index is -3.66. The summed E-state index contributed by atoms with van der Waals surface area (Å²) in [6.07, 6.45) is 0.613. The lowest BCUT2D eigenvalue weighted by atomic mass is 10.1. The molecule has 0 saturated heterocycles. The fourth-order valence-corrected chi connectivity index (χ4v) is 4.12. The summed E-state index contributed by atoms with van der Waals surface area (Å²) in [5.74, 6) is -0.202. The Labute approximate surface area is 153 Å². The van der Waals surface area contributed by atoms with Crippen molar-refractivity contribution in [3.63, 3.8) is 0 Å². The van der Waals surface area contributed by atoms with Gasteiger partial charge in [0.05, 0.1) is 4.90 Å². The van der Waals surface area contributed by atoms with Gasteiger partial charge in [-0.15, -0.1) is 0 Å². The van der Waals surface area contributed by atoms with E-state index in [4.69, 9.17) is 0 Å². The van der Waals surface area contributed by atoms with Gasteiger partial charge in [-0.1, -0.05) is 54.6 Å². The molecule has 0 aliphatic carbocycles. The van der Waals surface area contributed by atoms with E-state index < -0.39 is 10.0 Å². The molecule has 1 amide bonds. The summed E-state index contributed by atoms with van der Waals surface area (Å²) in [5, 5.41) is 4.00. The van der Waals surface area contributed by atoms with Crippen LogP contribution in [0.15, 0.2) is 71.6 Å². The predicted molar refractivity (Wildman–Crippen MR) is 104 cm³/mol. The Hall–Kier alpha value is -2.70. The van der Waals surface area contributed by atoms with Crippen LogP contribution in [0.3, 0.4) is 0 Å². The number of nitrogens with one attached hydrogen (secondary N) is 2. The SMILES string of the molecule is CC(=O)Nc1cccc2c(S(=O)(=O)NCCc3ccccc3)cccc12. The van der Waals surface area contributed by atoms with Crippen molar-refractivity contribution in [2.24, 2.45) is 0 Å². The van der Waals surface area contributed by atoms with Crippen molar-refractivity contribution in [3.05, 3.63) is 72.3 Å². The zero-order chi connectivity index (χ0) is 18.6. The summed E-state index contributed by atoms with van der Waals surface area (Å²) in [4.78, 5) is 11.6. The van der Waals surface area contributed by atoms with E-state index >= 15 is 0 Å². The first kappa shape index (κ1) is 18.1. The first-order valence-electron chi connectivity index (χ1n) is 8.30. The third-order valence-corrected chi connectivity index (χ3v) is 5.55. The molecule has 0 radical (unpaired) electrons. The molecule has 0 aromatic heterocycles. The molecule has 0 heterocycles. The number of sulfonamides is 1. The average Bonchev–Trinajstić information content (AvgIpc) is 2.62. The van der Waals surface area contributed by atoms with Gasteiger partial charge in [-0.2, -0.15) is 0 Å². The van der Waals surface area contributed by atoms with E-state index in [1.54, 1.807) is 36.4 Å². The minimum absolute atomic E-state index is 0.202. The second kappa shape index (κ2) is 7.68. The van der Waals surface area contributed by atoms with Gasteiger partial charge in [-0.05, 0) is 24.1 Å². The van der Waals surface area contributed by atoms with Crippen molar-refractivity contribution in [2.45, 2.75) is 18.2 Å². The van der Waals surface area contributed by atoms with Crippen LogP contribution >= 0.6 is 0 Å². The normalized spacial score (nSPS) is 11.4. The molecule has 0 atom stereocenters. The average molecular weight is 368 g/mol. The van der Waals surface area contributed by atoms with Crippen LogP contribution in [0.4, 0.5) is 5.69 Å². The van der Waals surface area contributed by atoms with Crippen molar-refractivity contribution < 1.29 is 13.2 Å². The van der Waals surface area contributed by atoms with Crippen molar-refractivity contribution in [1.82, 2.24) is 4.72 Å². The second-order valence-electron chi connectivity index (χ2n) is 5.97. The van der Waals surface area contributed by atoms with Crippen LogP contribution in [0.5, 0.6) is 0 Å². The Morgan fingerprint density at radius 2 is 1.58 bits per heavy atom. The maximum absolute atomic E-state index is 12.8. The molecule has 0 fully saturated rings. The number of fused-ring (bicyclic) bond motifs is 1. The molecule has 3 aromatic carbocycles. The number of amides is 1. The van der Waals surface area contributed by atoms with Crippen LogP contribution in [0.25, 0.3) is 10.8 Å². The fraction of sp³-hybridized carbons (Fsp3) is 0.150. The van der Waals surface area contributed by atoms with Gasteiger partial charge in [0.25, 0.3) is 0 Å². The quantitative estimate of drug-likeness (QED) is 0.701. The Bertz CT molecular complexity index is 1030.